The largest absolute Gasteiger partial charge is 0.381 e. The highest BCUT2D eigenvalue weighted by molar-refractivity contribution is 6.31. The van der Waals surface area contributed by atoms with E-state index in [0.717, 1.165) is 37.6 Å². The minimum atomic E-state index is 0.525. The Morgan fingerprint density at radius 2 is 1.88 bits per heavy atom. The zero-order valence-electron chi connectivity index (χ0n) is 14.5. The van der Waals surface area contributed by atoms with Gasteiger partial charge in [0.05, 0.1) is 5.52 Å². The number of hydrogen-bond acceptors (Lipinski definition) is 2. The molecular formula is C21H23ClN2O. The summed E-state index contributed by atoms with van der Waals surface area (Å²) in [6.45, 7) is 2.53. The van der Waals surface area contributed by atoms with Gasteiger partial charge in [-0.2, -0.15) is 0 Å². The molecule has 2 heterocycles. The van der Waals surface area contributed by atoms with E-state index >= 15 is 0 Å². The standard InChI is InChI=1S/C21H23ClN2O/c1-24-20(15-5-3-2-4-6-15)13-16-11-18(22)12-17(21(16)24)14-23-19-7-9-25-10-8-19/h2-6,11-13,19,23H,7-10,14H2,1H3. The highest BCUT2D eigenvalue weighted by atomic mass is 35.5. The number of aromatic nitrogens is 1. The molecule has 0 saturated carbocycles. The van der Waals surface area contributed by atoms with E-state index in [1.165, 1.54) is 27.7 Å². The first-order valence-corrected chi connectivity index (χ1v) is 9.24. The van der Waals surface area contributed by atoms with Gasteiger partial charge in [-0.05, 0) is 42.2 Å². The smallest absolute Gasteiger partial charge is 0.0529 e. The molecule has 0 atom stereocenters. The molecular weight excluding hydrogens is 332 g/mol. The van der Waals surface area contributed by atoms with Gasteiger partial charge in [-0.3, -0.25) is 0 Å². The van der Waals surface area contributed by atoms with Gasteiger partial charge in [0.2, 0.25) is 0 Å². The van der Waals surface area contributed by atoms with Crippen LogP contribution in [0.15, 0.2) is 48.5 Å². The third kappa shape index (κ3) is 3.45. The van der Waals surface area contributed by atoms with Crippen LogP contribution in [0.4, 0.5) is 0 Å². The number of benzene rings is 2. The zero-order valence-corrected chi connectivity index (χ0v) is 15.2. The van der Waals surface area contributed by atoms with Crippen LogP contribution in [0.3, 0.4) is 0 Å². The lowest BCUT2D eigenvalue weighted by atomic mass is 10.1. The maximum Gasteiger partial charge on any atom is 0.0529 e. The van der Waals surface area contributed by atoms with Crippen molar-refractivity contribution in [1.29, 1.82) is 0 Å². The van der Waals surface area contributed by atoms with E-state index < -0.39 is 0 Å². The molecule has 3 aromatic rings. The Balaban J connectivity index is 1.70. The maximum atomic E-state index is 6.40. The monoisotopic (exact) mass is 354 g/mol. The SMILES string of the molecule is Cn1c(-c2ccccc2)cc2cc(Cl)cc(CNC3CCOCC3)c21. The van der Waals surface area contributed by atoms with Gasteiger partial charge < -0.3 is 14.6 Å². The Hall–Kier alpha value is -1.81. The van der Waals surface area contributed by atoms with Crippen molar-refractivity contribution in [2.45, 2.75) is 25.4 Å². The van der Waals surface area contributed by atoms with E-state index in [4.69, 9.17) is 16.3 Å². The predicted octanol–water partition coefficient (Wildman–Crippen LogP) is 4.77. The second-order valence-corrected chi connectivity index (χ2v) is 7.16. The Morgan fingerprint density at radius 3 is 2.64 bits per heavy atom. The maximum absolute atomic E-state index is 6.40. The van der Waals surface area contributed by atoms with Crippen molar-refractivity contribution in [1.82, 2.24) is 9.88 Å². The Kier molecular flexibility index (Phi) is 4.80. The summed E-state index contributed by atoms with van der Waals surface area (Å²) in [4.78, 5) is 0. The summed E-state index contributed by atoms with van der Waals surface area (Å²) in [5.74, 6) is 0. The topological polar surface area (TPSA) is 26.2 Å². The lowest BCUT2D eigenvalue weighted by molar-refractivity contribution is 0.0776. The molecule has 1 aliphatic heterocycles. The van der Waals surface area contributed by atoms with Gasteiger partial charge in [0, 0.05) is 49.0 Å². The molecule has 0 spiro atoms. The molecule has 1 aromatic heterocycles. The third-order valence-corrected chi connectivity index (χ3v) is 5.26. The molecule has 1 aliphatic rings. The van der Waals surface area contributed by atoms with E-state index in [-0.39, 0.29) is 0 Å². The fourth-order valence-electron chi connectivity index (χ4n) is 3.74. The second kappa shape index (κ2) is 7.20. The summed E-state index contributed by atoms with van der Waals surface area (Å²) in [5, 5.41) is 5.67. The summed E-state index contributed by atoms with van der Waals surface area (Å²) in [6, 6.07) is 17.4. The molecule has 1 fully saturated rings. The minimum absolute atomic E-state index is 0.525. The van der Waals surface area contributed by atoms with Crippen molar-refractivity contribution in [2.24, 2.45) is 7.05 Å². The summed E-state index contributed by atoms with van der Waals surface area (Å²) < 4.78 is 7.73. The van der Waals surface area contributed by atoms with Crippen LogP contribution in [0.5, 0.6) is 0 Å². The molecule has 0 radical (unpaired) electrons. The Bertz CT molecular complexity index is 866. The molecule has 3 nitrogen and oxygen atoms in total. The van der Waals surface area contributed by atoms with Crippen molar-refractivity contribution >= 4 is 22.5 Å². The molecule has 4 heteroatoms. The van der Waals surface area contributed by atoms with Crippen molar-refractivity contribution < 1.29 is 4.74 Å². The number of fused-ring (bicyclic) bond motifs is 1. The van der Waals surface area contributed by atoms with Gasteiger partial charge in [-0.25, -0.2) is 0 Å². The summed E-state index contributed by atoms with van der Waals surface area (Å²) in [5.41, 5.74) is 4.94. The van der Waals surface area contributed by atoms with Crippen molar-refractivity contribution in [3.63, 3.8) is 0 Å². The number of halogens is 1. The normalized spacial score (nSPS) is 15.8. The van der Waals surface area contributed by atoms with Gasteiger partial charge in [0.1, 0.15) is 0 Å². The van der Waals surface area contributed by atoms with Gasteiger partial charge in [-0.15, -0.1) is 0 Å². The lowest BCUT2D eigenvalue weighted by Gasteiger charge is -2.23. The molecule has 1 saturated heterocycles. The average molecular weight is 355 g/mol. The third-order valence-electron chi connectivity index (χ3n) is 5.04. The number of ether oxygens (including phenoxy) is 1. The molecule has 25 heavy (non-hydrogen) atoms. The predicted molar refractivity (Wildman–Crippen MR) is 104 cm³/mol. The number of aryl methyl sites for hydroxylation is 1. The van der Waals surface area contributed by atoms with Crippen LogP contribution < -0.4 is 5.32 Å². The number of hydrogen-bond donors (Lipinski definition) is 1. The first kappa shape index (κ1) is 16.6. The van der Waals surface area contributed by atoms with E-state index in [9.17, 15) is 0 Å². The van der Waals surface area contributed by atoms with Crippen molar-refractivity contribution in [2.75, 3.05) is 13.2 Å². The number of nitrogens with zero attached hydrogens (tertiary/aromatic N) is 1. The molecule has 0 unspecified atom stereocenters. The van der Waals surface area contributed by atoms with Crippen LogP contribution >= 0.6 is 11.6 Å². The molecule has 0 aliphatic carbocycles. The zero-order chi connectivity index (χ0) is 17.2. The first-order chi connectivity index (χ1) is 12.2. The average Bonchev–Trinajstić information content (AvgIpc) is 2.98. The van der Waals surface area contributed by atoms with Crippen LogP contribution in [-0.2, 0) is 18.3 Å². The van der Waals surface area contributed by atoms with Crippen molar-refractivity contribution in [3.8, 4) is 11.3 Å². The fraction of sp³-hybridized carbons (Fsp3) is 0.333. The summed E-state index contributed by atoms with van der Waals surface area (Å²) in [6.07, 6.45) is 2.15. The van der Waals surface area contributed by atoms with Gasteiger partial charge in [0.15, 0.2) is 0 Å². The van der Waals surface area contributed by atoms with Gasteiger partial charge in [0.25, 0.3) is 0 Å². The highest BCUT2D eigenvalue weighted by Crippen LogP contribution is 2.31. The summed E-state index contributed by atoms with van der Waals surface area (Å²) >= 11 is 6.40. The van der Waals surface area contributed by atoms with E-state index in [0.29, 0.717) is 6.04 Å². The Labute approximate surface area is 153 Å². The van der Waals surface area contributed by atoms with E-state index in [2.05, 4.69) is 59.4 Å². The molecule has 0 amide bonds. The second-order valence-electron chi connectivity index (χ2n) is 6.72. The van der Waals surface area contributed by atoms with Crippen molar-refractivity contribution in [3.05, 3.63) is 59.1 Å². The van der Waals surface area contributed by atoms with Crippen LogP contribution in [0.1, 0.15) is 18.4 Å². The molecule has 0 bridgehead atoms. The minimum Gasteiger partial charge on any atom is -0.381 e. The molecule has 1 N–H and O–H groups in total. The Morgan fingerprint density at radius 1 is 1.12 bits per heavy atom. The highest BCUT2D eigenvalue weighted by Gasteiger charge is 2.16. The molecule has 2 aromatic carbocycles. The lowest BCUT2D eigenvalue weighted by Crippen LogP contribution is -2.34. The van der Waals surface area contributed by atoms with Crippen LogP contribution in [-0.4, -0.2) is 23.8 Å². The van der Waals surface area contributed by atoms with Gasteiger partial charge >= 0.3 is 0 Å². The molecule has 4 rings (SSSR count). The van der Waals surface area contributed by atoms with E-state index in [1.807, 2.05) is 6.07 Å². The van der Waals surface area contributed by atoms with Gasteiger partial charge in [-0.1, -0.05) is 41.9 Å². The van der Waals surface area contributed by atoms with Crippen LogP contribution in [0.2, 0.25) is 5.02 Å². The fourth-order valence-corrected chi connectivity index (χ4v) is 3.99. The van der Waals surface area contributed by atoms with Crippen LogP contribution in [0, 0.1) is 0 Å². The van der Waals surface area contributed by atoms with Crippen LogP contribution in [0.25, 0.3) is 22.2 Å². The summed E-state index contributed by atoms with van der Waals surface area (Å²) in [7, 11) is 2.14. The quantitative estimate of drug-likeness (QED) is 0.730. The number of nitrogens with one attached hydrogen (secondary N) is 1. The molecule has 130 valence electrons. The first-order valence-electron chi connectivity index (χ1n) is 8.87. The van der Waals surface area contributed by atoms with E-state index in [1.54, 1.807) is 0 Å². The number of rotatable bonds is 4.